The highest BCUT2D eigenvalue weighted by molar-refractivity contribution is 5.89. The Bertz CT molecular complexity index is 569. The second kappa shape index (κ2) is 3.50. The highest BCUT2D eigenvalue weighted by Gasteiger charge is 2.27. The van der Waals surface area contributed by atoms with Crippen LogP contribution in [0, 0.1) is 0 Å². The standard InChI is InChI=1S/C14H18N2O/c1-14(2)7-11-10(8-15-14)9-5-4-6-12(17-3)13(9)16-11/h4-6,15-16H,7-8H2,1-3H3. The van der Waals surface area contributed by atoms with E-state index in [-0.39, 0.29) is 5.54 Å². The predicted octanol–water partition coefficient (Wildman–Crippen LogP) is 2.60. The van der Waals surface area contributed by atoms with Crippen LogP contribution in [0.2, 0.25) is 0 Å². The smallest absolute Gasteiger partial charge is 0.142 e. The summed E-state index contributed by atoms with van der Waals surface area (Å²) in [6, 6.07) is 6.21. The second-order valence-electron chi connectivity index (χ2n) is 5.38. The first-order valence-corrected chi connectivity index (χ1v) is 6.02. The number of nitrogens with one attached hydrogen (secondary N) is 2. The Morgan fingerprint density at radius 1 is 1.29 bits per heavy atom. The van der Waals surface area contributed by atoms with Crippen LogP contribution in [0.3, 0.4) is 0 Å². The van der Waals surface area contributed by atoms with Gasteiger partial charge in [-0.25, -0.2) is 0 Å². The molecular formula is C14H18N2O. The lowest BCUT2D eigenvalue weighted by molar-refractivity contribution is 0.360. The van der Waals surface area contributed by atoms with E-state index < -0.39 is 0 Å². The van der Waals surface area contributed by atoms with Crippen LogP contribution in [0.15, 0.2) is 18.2 Å². The Balaban J connectivity index is 2.21. The van der Waals surface area contributed by atoms with E-state index in [2.05, 4.69) is 36.3 Å². The van der Waals surface area contributed by atoms with Gasteiger partial charge in [0.1, 0.15) is 5.75 Å². The molecule has 17 heavy (non-hydrogen) atoms. The fourth-order valence-corrected chi connectivity index (χ4v) is 2.66. The van der Waals surface area contributed by atoms with Crippen LogP contribution in [0.25, 0.3) is 10.9 Å². The molecule has 0 atom stereocenters. The number of hydrogen-bond donors (Lipinski definition) is 2. The number of ether oxygens (including phenoxy) is 1. The molecule has 0 unspecified atom stereocenters. The molecule has 90 valence electrons. The summed E-state index contributed by atoms with van der Waals surface area (Å²) in [5.74, 6) is 0.926. The van der Waals surface area contributed by atoms with Gasteiger partial charge in [0.2, 0.25) is 0 Å². The maximum absolute atomic E-state index is 5.41. The monoisotopic (exact) mass is 230 g/mol. The van der Waals surface area contributed by atoms with E-state index >= 15 is 0 Å². The molecule has 3 rings (SSSR count). The van der Waals surface area contributed by atoms with Crippen molar-refractivity contribution < 1.29 is 4.74 Å². The predicted molar refractivity (Wildman–Crippen MR) is 69.5 cm³/mol. The van der Waals surface area contributed by atoms with Crippen molar-refractivity contribution in [1.29, 1.82) is 0 Å². The normalized spacial score (nSPS) is 18.1. The number of aromatic amines is 1. The molecule has 0 saturated carbocycles. The van der Waals surface area contributed by atoms with Crippen LogP contribution in [-0.4, -0.2) is 17.6 Å². The SMILES string of the molecule is COc1cccc2c3c([nH]c12)CC(C)(C)NC3. The van der Waals surface area contributed by atoms with E-state index in [1.165, 1.54) is 16.6 Å². The lowest BCUT2D eigenvalue weighted by Crippen LogP contribution is -2.44. The van der Waals surface area contributed by atoms with Gasteiger partial charge in [-0.15, -0.1) is 0 Å². The van der Waals surface area contributed by atoms with Crippen molar-refractivity contribution in [1.82, 2.24) is 10.3 Å². The highest BCUT2D eigenvalue weighted by atomic mass is 16.5. The fourth-order valence-electron chi connectivity index (χ4n) is 2.66. The van der Waals surface area contributed by atoms with Gasteiger partial charge in [0.05, 0.1) is 12.6 Å². The summed E-state index contributed by atoms with van der Waals surface area (Å²) in [6.45, 7) is 5.40. The number of rotatable bonds is 1. The number of aromatic nitrogens is 1. The van der Waals surface area contributed by atoms with Crippen molar-refractivity contribution in [3.05, 3.63) is 29.5 Å². The summed E-state index contributed by atoms with van der Waals surface area (Å²) in [7, 11) is 1.72. The minimum absolute atomic E-state index is 0.168. The van der Waals surface area contributed by atoms with Crippen molar-refractivity contribution in [2.45, 2.75) is 32.4 Å². The van der Waals surface area contributed by atoms with Crippen molar-refractivity contribution in [2.75, 3.05) is 7.11 Å². The van der Waals surface area contributed by atoms with E-state index in [4.69, 9.17) is 4.74 Å². The molecule has 1 aliphatic rings. The summed E-state index contributed by atoms with van der Waals surface area (Å²) in [5, 5.41) is 4.85. The quantitative estimate of drug-likeness (QED) is 0.790. The van der Waals surface area contributed by atoms with Gasteiger partial charge in [0.25, 0.3) is 0 Å². The number of benzene rings is 1. The highest BCUT2D eigenvalue weighted by Crippen LogP contribution is 2.33. The molecule has 0 radical (unpaired) electrons. The number of fused-ring (bicyclic) bond motifs is 3. The average Bonchev–Trinajstić information content (AvgIpc) is 2.64. The van der Waals surface area contributed by atoms with Crippen molar-refractivity contribution >= 4 is 10.9 Å². The van der Waals surface area contributed by atoms with Crippen molar-refractivity contribution in [3.8, 4) is 5.75 Å². The Morgan fingerprint density at radius 3 is 2.88 bits per heavy atom. The van der Waals surface area contributed by atoms with Crippen LogP contribution in [0.4, 0.5) is 0 Å². The number of hydrogen-bond acceptors (Lipinski definition) is 2. The van der Waals surface area contributed by atoms with Crippen LogP contribution >= 0.6 is 0 Å². The lowest BCUT2D eigenvalue weighted by atomic mass is 9.91. The zero-order valence-electron chi connectivity index (χ0n) is 10.6. The third kappa shape index (κ3) is 1.62. The number of para-hydroxylation sites is 1. The fraction of sp³-hybridized carbons (Fsp3) is 0.429. The largest absolute Gasteiger partial charge is 0.495 e. The Morgan fingerprint density at radius 2 is 2.12 bits per heavy atom. The Labute approximate surface area is 101 Å². The van der Waals surface area contributed by atoms with Gasteiger partial charge in [-0.3, -0.25) is 0 Å². The molecule has 1 aromatic carbocycles. The van der Waals surface area contributed by atoms with Crippen LogP contribution in [0.1, 0.15) is 25.1 Å². The van der Waals surface area contributed by atoms with E-state index in [1.807, 2.05) is 6.07 Å². The van der Waals surface area contributed by atoms with Gasteiger partial charge in [-0.2, -0.15) is 0 Å². The van der Waals surface area contributed by atoms with Gasteiger partial charge >= 0.3 is 0 Å². The van der Waals surface area contributed by atoms with E-state index in [9.17, 15) is 0 Å². The summed E-state index contributed by atoms with van der Waals surface area (Å²) < 4.78 is 5.41. The molecule has 1 aromatic heterocycles. The molecule has 2 N–H and O–H groups in total. The summed E-state index contributed by atoms with van der Waals surface area (Å²) in [5.41, 5.74) is 4.02. The van der Waals surface area contributed by atoms with Gasteiger partial charge in [-0.05, 0) is 25.5 Å². The van der Waals surface area contributed by atoms with Gasteiger partial charge in [-0.1, -0.05) is 12.1 Å². The molecule has 1 aliphatic heterocycles. The van der Waals surface area contributed by atoms with Crippen molar-refractivity contribution in [2.24, 2.45) is 0 Å². The third-order valence-electron chi connectivity index (χ3n) is 3.57. The number of H-pyrrole nitrogens is 1. The van der Waals surface area contributed by atoms with Gasteiger partial charge < -0.3 is 15.0 Å². The third-order valence-corrected chi connectivity index (χ3v) is 3.57. The minimum atomic E-state index is 0.168. The number of methoxy groups -OCH3 is 1. The van der Waals surface area contributed by atoms with Crippen molar-refractivity contribution in [3.63, 3.8) is 0 Å². The maximum Gasteiger partial charge on any atom is 0.142 e. The molecular weight excluding hydrogens is 212 g/mol. The van der Waals surface area contributed by atoms with E-state index in [1.54, 1.807) is 7.11 Å². The molecule has 2 heterocycles. The summed E-state index contributed by atoms with van der Waals surface area (Å²) in [6.07, 6.45) is 1.03. The molecule has 0 saturated heterocycles. The topological polar surface area (TPSA) is 37.0 Å². The van der Waals surface area contributed by atoms with E-state index in [0.29, 0.717) is 0 Å². The van der Waals surface area contributed by atoms with Crippen LogP contribution < -0.4 is 10.1 Å². The van der Waals surface area contributed by atoms with Crippen LogP contribution in [0.5, 0.6) is 5.75 Å². The molecule has 0 amide bonds. The maximum atomic E-state index is 5.41. The van der Waals surface area contributed by atoms with E-state index in [0.717, 1.165) is 24.2 Å². The van der Waals surface area contributed by atoms with Crippen LogP contribution in [-0.2, 0) is 13.0 Å². The molecule has 3 nitrogen and oxygen atoms in total. The summed E-state index contributed by atoms with van der Waals surface area (Å²) >= 11 is 0. The van der Waals surface area contributed by atoms with Gasteiger partial charge in [0.15, 0.2) is 0 Å². The lowest BCUT2D eigenvalue weighted by Gasteiger charge is -2.31. The molecule has 0 aliphatic carbocycles. The zero-order chi connectivity index (χ0) is 12.0. The molecule has 3 heteroatoms. The Hall–Kier alpha value is -1.48. The molecule has 0 spiro atoms. The molecule has 0 fully saturated rings. The second-order valence-corrected chi connectivity index (χ2v) is 5.38. The Kier molecular flexibility index (Phi) is 2.20. The first-order chi connectivity index (χ1) is 8.11. The summed E-state index contributed by atoms with van der Waals surface area (Å²) in [4.78, 5) is 3.53. The minimum Gasteiger partial charge on any atom is -0.495 e. The molecule has 2 aromatic rings. The average molecular weight is 230 g/mol. The molecule has 0 bridgehead atoms. The first-order valence-electron chi connectivity index (χ1n) is 6.02. The van der Waals surface area contributed by atoms with Gasteiger partial charge in [0, 0.05) is 29.6 Å². The first kappa shape index (κ1) is 10.7. The zero-order valence-corrected chi connectivity index (χ0v) is 10.6.